The maximum absolute atomic E-state index is 13.6. The number of aromatic amines is 1. The lowest BCUT2D eigenvalue weighted by Crippen LogP contribution is -2.38. The van der Waals surface area contributed by atoms with Gasteiger partial charge in [-0.15, -0.1) is 0 Å². The number of hydrogen-bond donors (Lipinski definition) is 3. The zero-order valence-corrected chi connectivity index (χ0v) is 18.5. The second-order valence-electron chi connectivity index (χ2n) is 7.64. The predicted octanol–water partition coefficient (Wildman–Crippen LogP) is 3.55. The topological polar surface area (TPSA) is 64.7 Å². The Bertz CT molecular complexity index is 999. The molecule has 3 N–H and O–H groups in total. The standard InChI is InChI=1S/C24H32FN5O/c1-4-26-24(27-12-11-18-16-28-22-10-9-20(25)15-21(18)22)29-17-19-7-5-6-8-23(19)31-14-13-30(2)3/h5-10,15-16,28H,4,11-14,17H2,1-3H3,(H2,26,27,29). The summed E-state index contributed by atoms with van der Waals surface area (Å²) in [5.41, 5.74) is 3.07. The van der Waals surface area contributed by atoms with E-state index < -0.39 is 0 Å². The molecule has 0 radical (unpaired) electrons. The minimum atomic E-state index is -0.220. The van der Waals surface area contributed by atoms with Crippen LogP contribution < -0.4 is 15.4 Å². The number of aromatic nitrogens is 1. The number of benzene rings is 2. The Morgan fingerprint density at radius 3 is 2.77 bits per heavy atom. The lowest BCUT2D eigenvalue weighted by atomic mass is 10.1. The van der Waals surface area contributed by atoms with E-state index in [4.69, 9.17) is 9.73 Å². The normalized spacial score (nSPS) is 11.8. The Morgan fingerprint density at radius 1 is 1.13 bits per heavy atom. The molecule has 0 amide bonds. The Balaban J connectivity index is 1.59. The third kappa shape index (κ3) is 6.72. The third-order valence-electron chi connectivity index (χ3n) is 4.94. The summed E-state index contributed by atoms with van der Waals surface area (Å²) in [7, 11) is 4.06. The van der Waals surface area contributed by atoms with Gasteiger partial charge in [0.25, 0.3) is 0 Å². The highest BCUT2D eigenvalue weighted by atomic mass is 19.1. The van der Waals surface area contributed by atoms with E-state index in [1.165, 1.54) is 6.07 Å². The zero-order valence-electron chi connectivity index (χ0n) is 18.5. The maximum Gasteiger partial charge on any atom is 0.191 e. The lowest BCUT2D eigenvalue weighted by molar-refractivity contribution is 0.259. The summed E-state index contributed by atoms with van der Waals surface area (Å²) < 4.78 is 19.5. The fourth-order valence-corrected chi connectivity index (χ4v) is 3.29. The van der Waals surface area contributed by atoms with Crippen molar-refractivity contribution in [3.05, 3.63) is 65.6 Å². The molecule has 0 unspecified atom stereocenters. The number of ether oxygens (including phenoxy) is 1. The van der Waals surface area contributed by atoms with Crippen molar-refractivity contribution in [2.75, 3.05) is 40.3 Å². The highest BCUT2D eigenvalue weighted by Crippen LogP contribution is 2.20. The second kappa shape index (κ2) is 11.4. The highest BCUT2D eigenvalue weighted by Gasteiger charge is 2.07. The van der Waals surface area contributed by atoms with Crippen LogP contribution in [0.5, 0.6) is 5.75 Å². The predicted molar refractivity (Wildman–Crippen MR) is 125 cm³/mol. The molecule has 1 heterocycles. The molecule has 0 bridgehead atoms. The van der Waals surface area contributed by atoms with Gasteiger partial charge in [0.05, 0.1) is 6.54 Å². The molecule has 7 heteroatoms. The van der Waals surface area contributed by atoms with Gasteiger partial charge in [0.15, 0.2) is 5.96 Å². The van der Waals surface area contributed by atoms with E-state index in [0.717, 1.165) is 53.2 Å². The van der Waals surface area contributed by atoms with Gasteiger partial charge in [-0.1, -0.05) is 18.2 Å². The Morgan fingerprint density at radius 2 is 1.97 bits per heavy atom. The van der Waals surface area contributed by atoms with Gasteiger partial charge in [-0.05, 0) is 57.3 Å². The molecule has 0 atom stereocenters. The van der Waals surface area contributed by atoms with E-state index in [2.05, 4.69) is 20.5 Å². The molecular weight excluding hydrogens is 393 g/mol. The van der Waals surface area contributed by atoms with Crippen molar-refractivity contribution in [3.8, 4) is 5.75 Å². The molecule has 0 saturated carbocycles. The van der Waals surface area contributed by atoms with Crippen LogP contribution in [-0.2, 0) is 13.0 Å². The molecular formula is C24H32FN5O. The molecule has 31 heavy (non-hydrogen) atoms. The Labute approximate surface area is 183 Å². The van der Waals surface area contributed by atoms with Gasteiger partial charge in [-0.2, -0.15) is 0 Å². The Hall–Kier alpha value is -3.06. The number of halogens is 1. The molecule has 3 rings (SSSR count). The zero-order chi connectivity index (χ0) is 22.1. The van der Waals surface area contributed by atoms with Crippen molar-refractivity contribution in [2.24, 2.45) is 4.99 Å². The molecule has 0 fully saturated rings. The van der Waals surface area contributed by atoms with E-state index in [9.17, 15) is 4.39 Å². The van der Waals surface area contributed by atoms with Crippen LogP contribution in [0.2, 0.25) is 0 Å². The summed E-state index contributed by atoms with van der Waals surface area (Å²) in [5, 5.41) is 7.57. The van der Waals surface area contributed by atoms with Crippen molar-refractivity contribution in [1.82, 2.24) is 20.5 Å². The summed E-state index contributed by atoms with van der Waals surface area (Å²) in [6.07, 6.45) is 2.70. The van der Waals surface area contributed by atoms with Crippen molar-refractivity contribution >= 4 is 16.9 Å². The molecule has 0 aliphatic carbocycles. The fraction of sp³-hybridized carbons (Fsp3) is 0.375. The summed E-state index contributed by atoms with van der Waals surface area (Å²) in [5.74, 6) is 1.39. The quantitative estimate of drug-likeness (QED) is 0.343. The number of guanidine groups is 1. The molecule has 0 saturated heterocycles. The lowest BCUT2D eigenvalue weighted by Gasteiger charge is -2.14. The number of likely N-dealkylation sites (N-methyl/N-ethyl adjacent to an activating group) is 1. The van der Waals surface area contributed by atoms with Gasteiger partial charge < -0.3 is 25.3 Å². The van der Waals surface area contributed by atoms with Gasteiger partial charge in [0.1, 0.15) is 18.2 Å². The van der Waals surface area contributed by atoms with Crippen LogP contribution in [0.1, 0.15) is 18.1 Å². The van der Waals surface area contributed by atoms with Crippen LogP contribution >= 0.6 is 0 Å². The first-order chi connectivity index (χ1) is 15.1. The number of fused-ring (bicyclic) bond motifs is 1. The van der Waals surface area contributed by atoms with Crippen LogP contribution in [-0.4, -0.2) is 56.2 Å². The molecule has 3 aromatic rings. The number of aliphatic imine (C=N–C) groups is 1. The summed E-state index contributed by atoms with van der Waals surface area (Å²) >= 11 is 0. The number of para-hydroxylation sites is 1. The van der Waals surface area contributed by atoms with Crippen molar-refractivity contribution in [3.63, 3.8) is 0 Å². The van der Waals surface area contributed by atoms with E-state index in [1.807, 2.05) is 51.5 Å². The minimum Gasteiger partial charge on any atom is -0.492 e. The fourth-order valence-electron chi connectivity index (χ4n) is 3.29. The van der Waals surface area contributed by atoms with Crippen molar-refractivity contribution in [1.29, 1.82) is 0 Å². The average Bonchev–Trinajstić information content (AvgIpc) is 3.14. The van der Waals surface area contributed by atoms with Crippen LogP contribution in [0.4, 0.5) is 4.39 Å². The first-order valence-corrected chi connectivity index (χ1v) is 10.7. The van der Waals surface area contributed by atoms with Gasteiger partial charge in [-0.25, -0.2) is 9.38 Å². The summed E-state index contributed by atoms with van der Waals surface area (Å²) in [6.45, 7) is 5.52. The van der Waals surface area contributed by atoms with E-state index >= 15 is 0 Å². The first-order valence-electron chi connectivity index (χ1n) is 10.7. The monoisotopic (exact) mass is 425 g/mol. The largest absolute Gasteiger partial charge is 0.492 e. The molecule has 166 valence electrons. The minimum absolute atomic E-state index is 0.220. The smallest absolute Gasteiger partial charge is 0.191 e. The van der Waals surface area contributed by atoms with E-state index in [-0.39, 0.29) is 5.82 Å². The first kappa shape index (κ1) is 22.6. The van der Waals surface area contributed by atoms with Crippen LogP contribution in [0.3, 0.4) is 0 Å². The molecule has 6 nitrogen and oxygen atoms in total. The van der Waals surface area contributed by atoms with E-state index in [0.29, 0.717) is 19.7 Å². The van der Waals surface area contributed by atoms with Gasteiger partial charge >= 0.3 is 0 Å². The number of rotatable bonds is 10. The number of H-pyrrole nitrogens is 1. The van der Waals surface area contributed by atoms with Crippen LogP contribution in [0, 0.1) is 5.82 Å². The van der Waals surface area contributed by atoms with Crippen molar-refractivity contribution < 1.29 is 9.13 Å². The molecule has 2 aromatic carbocycles. The second-order valence-corrected chi connectivity index (χ2v) is 7.64. The van der Waals surface area contributed by atoms with Gasteiger partial charge in [0.2, 0.25) is 0 Å². The maximum atomic E-state index is 13.6. The van der Waals surface area contributed by atoms with Crippen LogP contribution in [0.15, 0.2) is 53.7 Å². The molecule has 1 aromatic heterocycles. The number of hydrogen-bond acceptors (Lipinski definition) is 3. The molecule has 0 aliphatic rings. The highest BCUT2D eigenvalue weighted by molar-refractivity contribution is 5.83. The third-order valence-corrected chi connectivity index (χ3v) is 4.94. The average molecular weight is 426 g/mol. The Kier molecular flexibility index (Phi) is 8.29. The summed E-state index contributed by atoms with van der Waals surface area (Å²) in [6, 6.07) is 12.8. The SMILES string of the molecule is CCNC(=NCc1ccccc1OCCN(C)C)NCCc1c[nH]c2ccc(F)cc12. The molecule has 0 aliphatic heterocycles. The van der Waals surface area contributed by atoms with Gasteiger partial charge in [0, 0.05) is 42.3 Å². The van der Waals surface area contributed by atoms with Crippen molar-refractivity contribution in [2.45, 2.75) is 19.9 Å². The summed E-state index contributed by atoms with van der Waals surface area (Å²) in [4.78, 5) is 10.0. The van der Waals surface area contributed by atoms with Crippen LogP contribution in [0.25, 0.3) is 10.9 Å². The molecule has 0 spiro atoms. The van der Waals surface area contributed by atoms with Gasteiger partial charge in [-0.3, -0.25) is 0 Å². The number of nitrogens with zero attached hydrogens (tertiary/aromatic N) is 2. The van der Waals surface area contributed by atoms with E-state index in [1.54, 1.807) is 12.1 Å². The number of nitrogens with one attached hydrogen (secondary N) is 3.